The Morgan fingerprint density at radius 3 is 2.32 bits per heavy atom. The number of aryl methyl sites for hydroxylation is 1. The van der Waals surface area contributed by atoms with Gasteiger partial charge in [-0.15, -0.1) is 0 Å². The number of aromatic carboxylic acids is 1. The number of rotatable bonds is 8. The summed E-state index contributed by atoms with van der Waals surface area (Å²) in [6, 6.07) is 7.48. The lowest BCUT2D eigenvalue weighted by atomic mass is 10.1. The van der Waals surface area contributed by atoms with Crippen LogP contribution in [0.2, 0.25) is 0 Å². The van der Waals surface area contributed by atoms with Crippen LogP contribution in [0.3, 0.4) is 0 Å². The zero-order valence-electron chi connectivity index (χ0n) is 14.6. The molecule has 134 valence electrons. The molecule has 0 atom stereocenters. The maximum absolute atomic E-state index is 12.6. The van der Waals surface area contributed by atoms with Crippen molar-refractivity contribution in [3.8, 4) is 11.4 Å². The summed E-state index contributed by atoms with van der Waals surface area (Å²) in [5.74, 6) is -0.939. The summed E-state index contributed by atoms with van der Waals surface area (Å²) in [4.78, 5) is 28.1. The third-order valence-corrected chi connectivity index (χ3v) is 3.62. The molecule has 0 aliphatic heterocycles. The van der Waals surface area contributed by atoms with E-state index in [4.69, 9.17) is 9.47 Å². The van der Waals surface area contributed by atoms with E-state index in [0.29, 0.717) is 24.6 Å². The smallest absolute Gasteiger partial charge is 0.342 e. The molecule has 0 saturated heterocycles. The van der Waals surface area contributed by atoms with Crippen molar-refractivity contribution in [1.29, 1.82) is 0 Å². The molecule has 0 unspecified atom stereocenters. The van der Waals surface area contributed by atoms with E-state index in [1.54, 1.807) is 0 Å². The molecule has 2 rings (SSSR count). The van der Waals surface area contributed by atoms with Crippen LogP contribution in [0.15, 0.2) is 35.3 Å². The summed E-state index contributed by atoms with van der Waals surface area (Å²) in [5.41, 5.74) is 0.762. The van der Waals surface area contributed by atoms with E-state index in [-0.39, 0.29) is 12.1 Å². The largest absolute Gasteiger partial charge is 0.477 e. The Hall–Kier alpha value is -2.51. The van der Waals surface area contributed by atoms with Crippen LogP contribution < -0.4 is 5.56 Å². The van der Waals surface area contributed by atoms with Crippen molar-refractivity contribution < 1.29 is 19.4 Å². The third-order valence-electron chi connectivity index (χ3n) is 3.62. The Kier molecular flexibility index (Phi) is 6.44. The molecule has 0 radical (unpaired) electrons. The van der Waals surface area contributed by atoms with Crippen molar-refractivity contribution in [2.24, 2.45) is 0 Å². The van der Waals surface area contributed by atoms with Gasteiger partial charge in [0.2, 0.25) is 0 Å². The second kappa shape index (κ2) is 8.55. The van der Waals surface area contributed by atoms with Crippen molar-refractivity contribution >= 4 is 5.97 Å². The fraction of sp³-hybridized carbons (Fsp3) is 0.389. The van der Waals surface area contributed by atoms with Crippen molar-refractivity contribution in [2.45, 2.75) is 33.6 Å². The summed E-state index contributed by atoms with van der Waals surface area (Å²) in [6.07, 6.45) is 0.426. The average molecular weight is 346 g/mol. The molecule has 1 aromatic heterocycles. The van der Waals surface area contributed by atoms with Crippen LogP contribution in [0.4, 0.5) is 0 Å². The fourth-order valence-electron chi connectivity index (χ4n) is 2.42. The first-order valence-corrected chi connectivity index (χ1v) is 8.11. The second-order valence-corrected chi connectivity index (χ2v) is 5.42. The van der Waals surface area contributed by atoms with Crippen LogP contribution in [0.1, 0.15) is 29.8 Å². The number of benzene rings is 1. The minimum absolute atomic E-state index is 0.0534. The highest BCUT2D eigenvalue weighted by Crippen LogP contribution is 2.17. The van der Waals surface area contributed by atoms with Gasteiger partial charge in [0.15, 0.2) is 6.29 Å². The highest BCUT2D eigenvalue weighted by atomic mass is 16.7. The van der Waals surface area contributed by atoms with Gasteiger partial charge in [0.1, 0.15) is 11.4 Å². The molecular formula is C18H22N2O5. The molecule has 25 heavy (non-hydrogen) atoms. The van der Waals surface area contributed by atoms with Gasteiger partial charge in [0, 0.05) is 25.0 Å². The number of carboxylic acids is 1. The number of ether oxygens (including phenoxy) is 2. The van der Waals surface area contributed by atoms with Crippen LogP contribution in [0.5, 0.6) is 0 Å². The van der Waals surface area contributed by atoms with E-state index in [1.807, 2.05) is 45.0 Å². The second-order valence-electron chi connectivity index (χ2n) is 5.42. The van der Waals surface area contributed by atoms with Crippen LogP contribution in [0, 0.1) is 6.92 Å². The number of carboxylic acid groups (broad SMARTS) is 1. The van der Waals surface area contributed by atoms with Gasteiger partial charge in [-0.1, -0.05) is 29.8 Å². The molecule has 0 aliphatic rings. The van der Waals surface area contributed by atoms with Gasteiger partial charge in [0.05, 0.1) is 6.54 Å². The number of carbonyl (C=O) groups is 1. The third kappa shape index (κ3) is 4.52. The molecule has 0 amide bonds. The SMILES string of the molecule is CCOC(Cn1c(-c2ccc(C)cc2)ncc(C(=O)O)c1=O)OCC. The summed E-state index contributed by atoms with van der Waals surface area (Å²) in [5, 5.41) is 9.21. The van der Waals surface area contributed by atoms with Gasteiger partial charge in [-0.25, -0.2) is 9.78 Å². The zero-order chi connectivity index (χ0) is 18.4. The molecule has 0 saturated carbocycles. The fourth-order valence-corrected chi connectivity index (χ4v) is 2.42. The van der Waals surface area contributed by atoms with E-state index in [0.717, 1.165) is 11.8 Å². The van der Waals surface area contributed by atoms with Gasteiger partial charge in [-0.2, -0.15) is 0 Å². The quantitative estimate of drug-likeness (QED) is 0.738. The monoisotopic (exact) mass is 346 g/mol. The van der Waals surface area contributed by atoms with Crippen LogP contribution >= 0.6 is 0 Å². The Morgan fingerprint density at radius 2 is 1.80 bits per heavy atom. The van der Waals surface area contributed by atoms with E-state index >= 15 is 0 Å². The van der Waals surface area contributed by atoms with Gasteiger partial charge in [-0.05, 0) is 20.8 Å². The minimum Gasteiger partial charge on any atom is -0.477 e. The van der Waals surface area contributed by atoms with Crippen molar-refractivity contribution in [1.82, 2.24) is 9.55 Å². The predicted molar refractivity (Wildman–Crippen MR) is 92.7 cm³/mol. The first-order chi connectivity index (χ1) is 12.0. The van der Waals surface area contributed by atoms with Crippen molar-refractivity contribution in [2.75, 3.05) is 13.2 Å². The lowest BCUT2D eigenvalue weighted by molar-refractivity contribution is -0.143. The molecule has 0 fully saturated rings. The first-order valence-electron chi connectivity index (χ1n) is 8.11. The molecule has 2 aromatic rings. The van der Waals surface area contributed by atoms with Gasteiger partial charge in [0.25, 0.3) is 5.56 Å². The number of hydrogen-bond donors (Lipinski definition) is 1. The summed E-state index contributed by atoms with van der Waals surface area (Å²) in [7, 11) is 0. The summed E-state index contributed by atoms with van der Waals surface area (Å²) >= 11 is 0. The molecule has 0 spiro atoms. The Balaban J connectivity index is 2.55. The highest BCUT2D eigenvalue weighted by Gasteiger charge is 2.20. The van der Waals surface area contributed by atoms with E-state index in [9.17, 15) is 14.7 Å². The lowest BCUT2D eigenvalue weighted by Crippen LogP contribution is -2.34. The standard InChI is InChI=1S/C18H22N2O5/c1-4-24-15(25-5-2)11-20-16(13-8-6-12(3)7-9-13)19-10-14(17(20)21)18(22)23/h6-10,15H,4-5,11H2,1-3H3,(H,22,23). The van der Waals surface area contributed by atoms with Gasteiger partial charge in [-0.3, -0.25) is 9.36 Å². The molecule has 1 aromatic carbocycles. The Bertz CT molecular complexity index is 777. The van der Waals surface area contributed by atoms with Crippen molar-refractivity contribution in [3.05, 3.63) is 51.9 Å². The topological polar surface area (TPSA) is 90.7 Å². The highest BCUT2D eigenvalue weighted by molar-refractivity contribution is 5.86. The van der Waals surface area contributed by atoms with Gasteiger partial charge < -0.3 is 14.6 Å². The lowest BCUT2D eigenvalue weighted by Gasteiger charge is -2.20. The average Bonchev–Trinajstić information content (AvgIpc) is 2.57. The zero-order valence-corrected chi connectivity index (χ0v) is 14.6. The van der Waals surface area contributed by atoms with E-state index in [2.05, 4.69) is 4.98 Å². The minimum atomic E-state index is -1.31. The number of hydrogen-bond acceptors (Lipinski definition) is 5. The number of nitrogens with zero attached hydrogens (tertiary/aromatic N) is 2. The predicted octanol–water partition coefficient (Wildman–Crippen LogP) is 2.32. The first kappa shape index (κ1) is 18.8. The maximum Gasteiger partial charge on any atom is 0.342 e. The molecule has 0 bridgehead atoms. The summed E-state index contributed by atoms with van der Waals surface area (Å²) in [6.45, 7) is 6.47. The van der Waals surface area contributed by atoms with Crippen LogP contribution in [-0.2, 0) is 16.0 Å². The van der Waals surface area contributed by atoms with Crippen LogP contribution in [-0.4, -0.2) is 40.1 Å². The molecule has 7 heteroatoms. The molecule has 1 heterocycles. The van der Waals surface area contributed by atoms with Crippen LogP contribution in [0.25, 0.3) is 11.4 Å². The van der Waals surface area contributed by atoms with Crippen molar-refractivity contribution in [3.63, 3.8) is 0 Å². The van der Waals surface area contributed by atoms with E-state index in [1.165, 1.54) is 4.57 Å². The summed E-state index contributed by atoms with van der Waals surface area (Å²) < 4.78 is 12.3. The van der Waals surface area contributed by atoms with Gasteiger partial charge >= 0.3 is 5.97 Å². The number of aromatic nitrogens is 2. The Morgan fingerprint density at radius 1 is 1.20 bits per heavy atom. The molecular weight excluding hydrogens is 324 g/mol. The molecule has 1 N–H and O–H groups in total. The normalized spacial score (nSPS) is 11.0. The molecule has 7 nitrogen and oxygen atoms in total. The maximum atomic E-state index is 12.6. The van der Waals surface area contributed by atoms with E-state index < -0.39 is 17.8 Å². The molecule has 0 aliphatic carbocycles. The Labute approximate surface area is 145 Å².